The SMILES string of the molecule is COCCCC(N)CN1CCCC1. The lowest BCUT2D eigenvalue weighted by Gasteiger charge is -2.19. The lowest BCUT2D eigenvalue weighted by atomic mass is 10.1. The van der Waals surface area contributed by atoms with E-state index in [9.17, 15) is 0 Å². The van der Waals surface area contributed by atoms with Crippen LogP contribution in [0.5, 0.6) is 0 Å². The minimum atomic E-state index is 0.341. The Morgan fingerprint density at radius 2 is 2.08 bits per heavy atom. The molecule has 0 aliphatic carbocycles. The number of methoxy groups -OCH3 is 1. The zero-order chi connectivity index (χ0) is 9.52. The standard InChI is InChI=1S/C10H22N2O/c1-13-8-4-5-10(11)9-12-6-2-3-7-12/h10H,2-9,11H2,1H3. The van der Waals surface area contributed by atoms with Crippen molar-refractivity contribution in [3.63, 3.8) is 0 Å². The lowest BCUT2D eigenvalue weighted by Crippen LogP contribution is -2.35. The quantitative estimate of drug-likeness (QED) is 0.625. The molecule has 3 nitrogen and oxygen atoms in total. The first-order chi connectivity index (χ1) is 6.33. The van der Waals surface area contributed by atoms with Crippen molar-refractivity contribution in [2.45, 2.75) is 31.7 Å². The minimum Gasteiger partial charge on any atom is -0.385 e. The maximum atomic E-state index is 6.00. The summed E-state index contributed by atoms with van der Waals surface area (Å²) in [5.74, 6) is 0. The molecule has 0 aromatic carbocycles. The Bertz CT molecular complexity index is 124. The largest absolute Gasteiger partial charge is 0.385 e. The molecule has 1 fully saturated rings. The molecule has 0 aromatic rings. The van der Waals surface area contributed by atoms with Crippen LogP contribution in [0.1, 0.15) is 25.7 Å². The molecule has 1 atom stereocenters. The van der Waals surface area contributed by atoms with Crippen LogP contribution in [-0.4, -0.2) is 44.3 Å². The van der Waals surface area contributed by atoms with Crippen molar-refractivity contribution < 1.29 is 4.74 Å². The molecule has 78 valence electrons. The second-order valence-electron chi connectivity index (χ2n) is 3.90. The second-order valence-corrected chi connectivity index (χ2v) is 3.90. The average Bonchev–Trinajstić information content (AvgIpc) is 2.57. The predicted octanol–water partition coefficient (Wildman–Crippen LogP) is 0.836. The number of hydrogen-bond acceptors (Lipinski definition) is 3. The Labute approximate surface area is 81.2 Å². The van der Waals surface area contributed by atoms with Gasteiger partial charge in [-0.05, 0) is 38.8 Å². The number of likely N-dealkylation sites (tertiary alicyclic amines) is 1. The van der Waals surface area contributed by atoms with Gasteiger partial charge < -0.3 is 15.4 Å². The first-order valence-electron chi connectivity index (χ1n) is 5.30. The second kappa shape index (κ2) is 6.35. The molecule has 3 heteroatoms. The van der Waals surface area contributed by atoms with Gasteiger partial charge in [0.25, 0.3) is 0 Å². The topological polar surface area (TPSA) is 38.5 Å². The van der Waals surface area contributed by atoms with Gasteiger partial charge in [0, 0.05) is 26.3 Å². The maximum absolute atomic E-state index is 6.00. The highest BCUT2D eigenvalue weighted by atomic mass is 16.5. The van der Waals surface area contributed by atoms with Gasteiger partial charge in [-0.15, -0.1) is 0 Å². The Morgan fingerprint density at radius 1 is 1.38 bits per heavy atom. The average molecular weight is 186 g/mol. The fourth-order valence-corrected chi connectivity index (χ4v) is 1.88. The maximum Gasteiger partial charge on any atom is 0.0462 e. The van der Waals surface area contributed by atoms with Crippen LogP contribution in [0.2, 0.25) is 0 Å². The molecule has 0 saturated carbocycles. The monoisotopic (exact) mass is 186 g/mol. The lowest BCUT2D eigenvalue weighted by molar-refractivity contribution is 0.187. The van der Waals surface area contributed by atoms with E-state index in [4.69, 9.17) is 10.5 Å². The van der Waals surface area contributed by atoms with Crippen LogP contribution in [-0.2, 0) is 4.74 Å². The molecule has 0 amide bonds. The van der Waals surface area contributed by atoms with Crippen molar-refractivity contribution in [3.8, 4) is 0 Å². The highest BCUT2D eigenvalue weighted by molar-refractivity contribution is 4.72. The highest BCUT2D eigenvalue weighted by Crippen LogP contribution is 2.08. The zero-order valence-corrected chi connectivity index (χ0v) is 8.67. The van der Waals surface area contributed by atoms with Crippen LogP contribution in [0.25, 0.3) is 0 Å². The molecule has 0 spiro atoms. The smallest absolute Gasteiger partial charge is 0.0462 e. The van der Waals surface area contributed by atoms with Crippen molar-refractivity contribution >= 4 is 0 Å². The molecular weight excluding hydrogens is 164 g/mol. The zero-order valence-electron chi connectivity index (χ0n) is 8.67. The summed E-state index contributed by atoms with van der Waals surface area (Å²) in [4.78, 5) is 2.47. The van der Waals surface area contributed by atoms with Crippen molar-refractivity contribution in [1.82, 2.24) is 4.90 Å². The molecule has 0 bridgehead atoms. The Morgan fingerprint density at radius 3 is 2.69 bits per heavy atom. The van der Waals surface area contributed by atoms with E-state index in [1.807, 2.05) is 0 Å². The number of nitrogens with zero attached hydrogens (tertiary/aromatic N) is 1. The first kappa shape index (κ1) is 11.0. The molecule has 13 heavy (non-hydrogen) atoms. The molecule has 2 N–H and O–H groups in total. The molecule has 1 saturated heterocycles. The van der Waals surface area contributed by atoms with Gasteiger partial charge in [0.05, 0.1) is 0 Å². The third kappa shape index (κ3) is 4.60. The number of rotatable bonds is 6. The fraction of sp³-hybridized carbons (Fsp3) is 1.00. The molecular formula is C10H22N2O. The third-order valence-electron chi connectivity index (χ3n) is 2.61. The summed E-state index contributed by atoms with van der Waals surface area (Å²) in [6.45, 7) is 4.41. The van der Waals surface area contributed by atoms with Gasteiger partial charge >= 0.3 is 0 Å². The van der Waals surface area contributed by atoms with E-state index in [2.05, 4.69) is 4.90 Å². The van der Waals surface area contributed by atoms with E-state index in [-0.39, 0.29) is 0 Å². The van der Waals surface area contributed by atoms with E-state index < -0.39 is 0 Å². The van der Waals surface area contributed by atoms with Crippen LogP contribution in [0, 0.1) is 0 Å². The predicted molar refractivity (Wildman–Crippen MR) is 54.8 cm³/mol. The van der Waals surface area contributed by atoms with E-state index >= 15 is 0 Å². The fourth-order valence-electron chi connectivity index (χ4n) is 1.88. The van der Waals surface area contributed by atoms with Crippen molar-refractivity contribution in [2.75, 3.05) is 33.4 Å². The van der Waals surface area contributed by atoms with Crippen LogP contribution < -0.4 is 5.73 Å². The van der Waals surface area contributed by atoms with E-state index in [1.54, 1.807) is 7.11 Å². The van der Waals surface area contributed by atoms with Gasteiger partial charge in [-0.3, -0.25) is 0 Å². The third-order valence-corrected chi connectivity index (χ3v) is 2.61. The van der Waals surface area contributed by atoms with Gasteiger partial charge in [-0.1, -0.05) is 0 Å². The van der Waals surface area contributed by atoms with Crippen LogP contribution in [0.3, 0.4) is 0 Å². The summed E-state index contributed by atoms with van der Waals surface area (Å²) in [6, 6.07) is 0.341. The Kier molecular flexibility index (Phi) is 5.35. The highest BCUT2D eigenvalue weighted by Gasteiger charge is 2.14. The molecule has 1 heterocycles. The van der Waals surface area contributed by atoms with E-state index in [0.29, 0.717) is 6.04 Å². The van der Waals surface area contributed by atoms with Gasteiger partial charge in [0.15, 0.2) is 0 Å². The van der Waals surface area contributed by atoms with Gasteiger partial charge in [-0.2, -0.15) is 0 Å². The Balaban J connectivity index is 1.99. The number of nitrogens with two attached hydrogens (primary N) is 1. The molecule has 1 aliphatic rings. The van der Waals surface area contributed by atoms with Crippen molar-refractivity contribution in [3.05, 3.63) is 0 Å². The van der Waals surface area contributed by atoms with Crippen LogP contribution in [0.4, 0.5) is 0 Å². The molecule has 0 aromatic heterocycles. The van der Waals surface area contributed by atoms with Gasteiger partial charge in [0.1, 0.15) is 0 Å². The molecule has 0 radical (unpaired) electrons. The summed E-state index contributed by atoms with van der Waals surface area (Å²) in [5, 5.41) is 0. The molecule has 1 aliphatic heterocycles. The van der Waals surface area contributed by atoms with Gasteiger partial charge in [-0.25, -0.2) is 0 Å². The van der Waals surface area contributed by atoms with Crippen LogP contribution in [0.15, 0.2) is 0 Å². The van der Waals surface area contributed by atoms with Crippen LogP contribution >= 0.6 is 0 Å². The first-order valence-corrected chi connectivity index (χ1v) is 5.30. The molecule has 1 unspecified atom stereocenters. The van der Waals surface area contributed by atoms with Crippen molar-refractivity contribution in [1.29, 1.82) is 0 Å². The summed E-state index contributed by atoms with van der Waals surface area (Å²) >= 11 is 0. The molecule has 1 rings (SSSR count). The van der Waals surface area contributed by atoms with Gasteiger partial charge in [0.2, 0.25) is 0 Å². The Hall–Kier alpha value is -0.120. The number of ether oxygens (including phenoxy) is 1. The summed E-state index contributed by atoms with van der Waals surface area (Å²) in [6.07, 6.45) is 4.88. The van der Waals surface area contributed by atoms with Crippen molar-refractivity contribution in [2.24, 2.45) is 5.73 Å². The number of hydrogen-bond donors (Lipinski definition) is 1. The summed E-state index contributed by atoms with van der Waals surface area (Å²) < 4.78 is 4.99. The summed E-state index contributed by atoms with van der Waals surface area (Å²) in [7, 11) is 1.74. The minimum absolute atomic E-state index is 0.341. The summed E-state index contributed by atoms with van der Waals surface area (Å²) in [5.41, 5.74) is 6.00. The van der Waals surface area contributed by atoms with E-state index in [0.717, 1.165) is 26.0 Å². The van der Waals surface area contributed by atoms with E-state index in [1.165, 1.54) is 25.9 Å². The normalized spacial score (nSPS) is 20.8.